The van der Waals surface area contributed by atoms with Crippen molar-refractivity contribution in [3.63, 3.8) is 0 Å². The summed E-state index contributed by atoms with van der Waals surface area (Å²) >= 11 is 5.69. The van der Waals surface area contributed by atoms with E-state index in [1.807, 2.05) is 0 Å². The fraction of sp³-hybridized carbons (Fsp3) is 0.333. The number of halogens is 1. The zero-order valence-corrected chi connectivity index (χ0v) is 7.02. The summed E-state index contributed by atoms with van der Waals surface area (Å²) in [6.45, 7) is -2.05. The maximum atomic E-state index is 7.36. The van der Waals surface area contributed by atoms with Crippen LogP contribution in [0.15, 0.2) is 12.1 Å². The van der Waals surface area contributed by atoms with E-state index in [4.69, 9.17) is 25.2 Å². The van der Waals surface area contributed by atoms with Crippen LogP contribution in [-0.4, -0.2) is 6.79 Å². The van der Waals surface area contributed by atoms with Crippen molar-refractivity contribution < 1.29 is 13.6 Å². The molecule has 0 unspecified atom stereocenters. The Kier molecular flexibility index (Phi) is 1.19. The average molecular weight is 188 g/mol. The van der Waals surface area contributed by atoms with Gasteiger partial charge >= 0.3 is 0 Å². The van der Waals surface area contributed by atoms with E-state index in [0.29, 0.717) is 17.1 Å². The highest BCUT2D eigenvalue weighted by molar-refractivity contribution is 6.17. The standard InChI is InChI=1S/C9H9ClO2/c1-6-2-8-9(12-5-11-8)3-7(6)4-10/h2-3H,4-5H2,1H3/i1D3. The van der Waals surface area contributed by atoms with Gasteiger partial charge in [0.15, 0.2) is 11.5 Å². The van der Waals surface area contributed by atoms with Crippen LogP contribution in [0.5, 0.6) is 11.5 Å². The summed E-state index contributed by atoms with van der Waals surface area (Å²) in [5.41, 5.74) is 0.780. The van der Waals surface area contributed by atoms with E-state index in [-0.39, 0.29) is 18.2 Å². The molecule has 3 heteroatoms. The molecule has 1 aromatic carbocycles. The SMILES string of the molecule is [2H]C([2H])([2H])c1cc2c(cc1CCl)OCO2. The van der Waals surface area contributed by atoms with E-state index < -0.39 is 6.85 Å². The van der Waals surface area contributed by atoms with E-state index in [1.54, 1.807) is 6.07 Å². The Morgan fingerprint density at radius 1 is 1.50 bits per heavy atom. The molecule has 12 heavy (non-hydrogen) atoms. The predicted octanol–water partition coefficient (Wildman–Crippen LogP) is 2.46. The molecular formula is C9H9ClO2. The normalized spacial score (nSPS) is 18.2. The maximum Gasteiger partial charge on any atom is 0.231 e. The fourth-order valence-corrected chi connectivity index (χ4v) is 1.32. The van der Waals surface area contributed by atoms with Crippen molar-refractivity contribution in [2.45, 2.75) is 12.7 Å². The molecule has 2 nitrogen and oxygen atoms in total. The summed E-state index contributed by atoms with van der Waals surface area (Å²) in [6, 6.07) is 3.10. The molecule has 1 aliphatic heterocycles. The molecule has 1 aromatic rings. The van der Waals surface area contributed by atoms with Crippen LogP contribution in [0.3, 0.4) is 0 Å². The first-order chi connectivity index (χ1) is 7.02. The molecule has 0 amide bonds. The maximum absolute atomic E-state index is 7.36. The molecule has 0 aromatic heterocycles. The summed E-state index contributed by atoms with van der Waals surface area (Å²) in [5, 5.41) is 0. The van der Waals surface area contributed by atoms with Crippen LogP contribution in [0.25, 0.3) is 0 Å². The van der Waals surface area contributed by atoms with Gasteiger partial charge in [0.25, 0.3) is 0 Å². The first kappa shape index (κ1) is 4.97. The van der Waals surface area contributed by atoms with E-state index in [1.165, 1.54) is 6.07 Å². The Balaban J connectivity index is 2.54. The number of ether oxygens (including phenoxy) is 2. The molecule has 1 aliphatic rings. The summed E-state index contributed by atoms with van der Waals surface area (Å²) in [6.07, 6.45) is 0. The smallest absolute Gasteiger partial charge is 0.231 e. The first-order valence-corrected chi connectivity index (χ1v) is 4.05. The van der Waals surface area contributed by atoms with Gasteiger partial charge in [0.2, 0.25) is 6.79 Å². The Morgan fingerprint density at radius 3 is 2.92 bits per heavy atom. The van der Waals surface area contributed by atoms with E-state index in [9.17, 15) is 0 Å². The quantitative estimate of drug-likeness (QED) is 0.629. The van der Waals surface area contributed by atoms with Gasteiger partial charge in [-0.25, -0.2) is 0 Å². The largest absolute Gasteiger partial charge is 0.454 e. The minimum Gasteiger partial charge on any atom is -0.454 e. The molecule has 0 bridgehead atoms. The van der Waals surface area contributed by atoms with Crippen LogP contribution in [-0.2, 0) is 5.88 Å². The van der Waals surface area contributed by atoms with E-state index >= 15 is 0 Å². The fourth-order valence-electron chi connectivity index (χ4n) is 1.09. The lowest BCUT2D eigenvalue weighted by Gasteiger charge is -2.03. The number of aryl methyl sites for hydroxylation is 1. The second kappa shape index (κ2) is 2.87. The summed E-state index contributed by atoms with van der Waals surface area (Å²) in [5.74, 6) is 1.17. The highest BCUT2D eigenvalue weighted by atomic mass is 35.5. The molecule has 2 rings (SSSR count). The lowest BCUT2D eigenvalue weighted by Crippen LogP contribution is -1.92. The van der Waals surface area contributed by atoms with Crippen molar-refractivity contribution in [2.75, 3.05) is 6.79 Å². The predicted molar refractivity (Wildman–Crippen MR) is 46.9 cm³/mol. The summed E-state index contributed by atoms with van der Waals surface area (Å²) in [7, 11) is 0. The topological polar surface area (TPSA) is 18.5 Å². The number of rotatable bonds is 1. The molecule has 0 aliphatic carbocycles. The van der Waals surface area contributed by atoms with Gasteiger partial charge in [0, 0.05) is 9.99 Å². The zero-order chi connectivity index (χ0) is 11.1. The van der Waals surface area contributed by atoms with Gasteiger partial charge in [-0.05, 0) is 30.1 Å². The Morgan fingerprint density at radius 2 is 2.25 bits per heavy atom. The van der Waals surface area contributed by atoms with Gasteiger partial charge in [-0.15, -0.1) is 11.6 Å². The van der Waals surface area contributed by atoms with Crippen LogP contribution in [0.1, 0.15) is 15.2 Å². The lowest BCUT2D eigenvalue weighted by atomic mass is 10.1. The number of benzene rings is 1. The van der Waals surface area contributed by atoms with Crippen molar-refractivity contribution >= 4 is 11.6 Å². The Hall–Kier alpha value is -0.890. The van der Waals surface area contributed by atoms with Gasteiger partial charge in [0.05, 0.1) is 0 Å². The second-order valence-electron chi connectivity index (χ2n) is 2.50. The van der Waals surface area contributed by atoms with Crippen LogP contribution in [0, 0.1) is 6.85 Å². The second-order valence-corrected chi connectivity index (χ2v) is 2.76. The van der Waals surface area contributed by atoms with Gasteiger partial charge < -0.3 is 9.47 Å². The van der Waals surface area contributed by atoms with Crippen LogP contribution < -0.4 is 9.47 Å². The van der Waals surface area contributed by atoms with Crippen LogP contribution >= 0.6 is 11.6 Å². The Bertz CT molecular complexity index is 390. The first-order valence-electron chi connectivity index (χ1n) is 5.01. The van der Waals surface area contributed by atoms with Gasteiger partial charge in [-0.2, -0.15) is 0 Å². The average Bonchev–Trinajstić information content (AvgIpc) is 2.60. The molecule has 0 radical (unpaired) electrons. The number of hydrogen-bond acceptors (Lipinski definition) is 2. The number of hydrogen-bond donors (Lipinski definition) is 0. The van der Waals surface area contributed by atoms with Crippen molar-refractivity contribution in [3.05, 3.63) is 23.3 Å². The van der Waals surface area contributed by atoms with E-state index in [2.05, 4.69) is 0 Å². The third-order valence-electron chi connectivity index (χ3n) is 1.74. The molecule has 0 atom stereocenters. The molecular weight excluding hydrogens is 176 g/mol. The van der Waals surface area contributed by atoms with Crippen molar-refractivity contribution in [1.29, 1.82) is 0 Å². The molecule has 0 saturated heterocycles. The van der Waals surface area contributed by atoms with Gasteiger partial charge in [-0.3, -0.25) is 0 Å². The molecule has 0 saturated carbocycles. The third kappa shape index (κ3) is 1.12. The Labute approximate surface area is 80.3 Å². The highest BCUT2D eigenvalue weighted by Gasteiger charge is 2.14. The highest BCUT2D eigenvalue weighted by Crippen LogP contribution is 2.34. The zero-order valence-electron chi connectivity index (χ0n) is 9.26. The van der Waals surface area contributed by atoms with Gasteiger partial charge in [0.1, 0.15) is 0 Å². The summed E-state index contributed by atoms with van der Waals surface area (Å²) < 4.78 is 32.3. The van der Waals surface area contributed by atoms with Crippen LogP contribution in [0.2, 0.25) is 0 Å². The molecule has 0 N–H and O–H groups in total. The summed E-state index contributed by atoms with van der Waals surface area (Å²) in [4.78, 5) is 0. The van der Waals surface area contributed by atoms with Crippen molar-refractivity contribution in [1.82, 2.24) is 0 Å². The molecule has 0 fully saturated rings. The lowest BCUT2D eigenvalue weighted by molar-refractivity contribution is 0.174. The number of fused-ring (bicyclic) bond motifs is 1. The van der Waals surface area contributed by atoms with Crippen LogP contribution in [0.4, 0.5) is 0 Å². The molecule has 0 spiro atoms. The number of alkyl halides is 1. The monoisotopic (exact) mass is 187 g/mol. The molecule has 64 valence electrons. The molecule has 1 heterocycles. The van der Waals surface area contributed by atoms with Gasteiger partial charge in [-0.1, -0.05) is 0 Å². The minimum atomic E-state index is -2.18. The minimum absolute atomic E-state index is 0.127. The third-order valence-corrected chi connectivity index (χ3v) is 2.03. The van der Waals surface area contributed by atoms with E-state index in [0.717, 1.165) is 0 Å². The van der Waals surface area contributed by atoms with Crippen molar-refractivity contribution in [3.8, 4) is 11.5 Å². The van der Waals surface area contributed by atoms with Crippen molar-refractivity contribution in [2.24, 2.45) is 0 Å².